The third-order valence-electron chi connectivity index (χ3n) is 7.51. The predicted molar refractivity (Wildman–Crippen MR) is 180 cm³/mol. The minimum atomic E-state index is -4.70. The van der Waals surface area contributed by atoms with Gasteiger partial charge in [0.15, 0.2) is 6.10 Å². The molecule has 11 nitrogen and oxygen atoms in total. The van der Waals surface area contributed by atoms with E-state index in [9.17, 15) is 23.8 Å². The average Bonchev–Trinajstić information content (AvgIpc) is 3.02. The van der Waals surface area contributed by atoms with Gasteiger partial charge in [-0.1, -0.05) is 116 Å². The molecule has 0 aromatic carbocycles. The molecule has 3 atom stereocenters. The van der Waals surface area contributed by atoms with Gasteiger partial charge in [0.25, 0.3) is 0 Å². The zero-order valence-corrected chi connectivity index (χ0v) is 29.6. The zero-order valence-electron chi connectivity index (χ0n) is 28.7. The number of allylic oxidation sites excluding steroid dienone is 2. The Bertz CT molecular complexity index is 854. The van der Waals surface area contributed by atoms with Crippen molar-refractivity contribution in [3.8, 4) is 0 Å². The van der Waals surface area contributed by atoms with Crippen molar-refractivity contribution in [1.29, 1.82) is 0 Å². The van der Waals surface area contributed by atoms with Crippen LogP contribution in [0.15, 0.2) is 12.2 Å². The zero-order chi connectivity index (χ0) is 34.3. The maximum absolute atomic E-state index is 12.5. The summed E-state index contributed by atoms with van der Waals surface area (Å²) in [5, 5.41) is 8.83. The molecule has 0 heterocycles. The van der Waals surface area contributed by atoms with E-state index in [1.165, 1.54) is 57.8 Å². The van der Waals surface area contributed by atoms with Crippen LogP contribution in [0, 0.1) is 0 Å². The largest absolute Gasteiger partial charge is 0.480 e. The number of phosphoric acid groups is 1. The molecule has 0 aromatic heterocycles. The molecule has 0 aliphatic carbocycles. The second-order valence-electron chi connectivity index (χ2n) is 12.0. The summed E-state index contributed by atoms with van der Waals surface area (Å²) in [5.41, 5.74) is 5.30. The van der Waals surface area contributed by atoms with Crippen LogP contribution in [0.2, 0.25) is 0 Å². The topological polar surface area (TPSA) is 172 Å². The van der Waals surface area contributed by atoms with Crippen LogP contribution in [-0.4, -0.2) is 59.9 Å². The molecule has 0 saturated heterocycles. The van der Waals surface area contributed by atoms with Gasteiger partial charge in [-0.15, -0.1) is 0 Å². The fraction of sp³-hybridized carbons (Fsp3) is 0.853. The first kappa shape index (κ1) is 44.2. The number of carbonyl (C=O) groups excluding carboxylic acids is 2. The van der Waals surface area contributed by atoms with Crippen LogP contribution in [-0.2, 0) is 37.5 Å². The molecule has 0 bridgehead atoms. The third-order valence-corrected chi connectivity index (χ3v) is 8.46. The van der Waals surface area contributed by atoms with Crippen LogP contribution in [0.25, 0.3) is 0 Å². The lowest BCUT2D eigenvalue weighted by atomic mass is 10.1. The summed E-state index contributed by atoms with van der Waals surface area (Å²) in [6.45, 7) is 2.72. The molecule has 270 valence electrons. The summed E-state index contributed by atoms with van der Waals surface area (Å²) in [6, 6.07) is -1.52. The smallest absolute Gasteiger partial charge is 0.472 e. The van der Waals surface area contributed by atoms with Gasteiger partial charge in [0.1, 0.15) is 12.6 Å². The molecule has 0 saturated carbocycles. The lowest BCUT2D eigenvalue weighted by Crippen LogP contribution is -2.34. The SMILES string of the molecule is CCCCCCC/C=C\CCCCCCCC(=O)OC(COC(=O)CCCCCCCCCC)COP(=O)(O)OCC(N)C(=O)O. The number of phosphoric ester groups is 1. The molecule has 0 aliphatic heterocycles. The van der Waals surface area contributed by atoms with Crippen molar-refractivity contribution in [3.05, 3.63) is 12.2 Å². The second-order valence-corrected chi connectivity index (χ2v) is 13.5. The van der Waals surface area contributed by atoms with E-state index in [1.54, 1.807) is 0 Å². The van der Waals surface area contributed by atoms with Gasteiger partial charge in [0.05, 0.1) is 13.2 Å². The number of carboxylic acid groups (broad SMARTS) is 1. The Morgan fingerprint density at radius 1 is 0.652 bits per heavy atom. The molecule has 0 fully saturated rings. The lowest BCUT2D eigenvalue weighted by molar-refractivity contribution is -0.161. The standard InChI is InChI=1S/C34H64NO10P/c1-3-5-7-9-11-13-14-15-16-17-18-20-22-24-26-33(37)45-30(28-43-46(40,41)44-29-31(35)34(38)39)27-42-32(36)25-23-21-19-12-10-8-6-4-2/h14-15,30-31H,3-13,16-29,35H2,1-2H3,(H,38,39)(H,40,41)/b15-14-. The number of hydrogen-bond donors (Lipinski definition) is 3. The fourth-order valence-corrected chi connectivity index (χ4v) is 5.42. The number of hydrogen-bond acceptors (Lipinski definition) is 9. The maximum Gasteiger partial charge on any atom is 0.472 e. The van der Waals surface area contributed by atoms with Crippen LogP contribution >= 0.6 is 7.82 Å². The molecule has 0 radical (unpaired) electrons. The molecule has 0 aliphatic rings. The predicted octanol–water partition coefficient (Wildman–Crippen LogP) is 8.17. The fourth-order valence-electron chi connectivity index (χ4n) is 4.65. The van der Waals surface area contributed by atoms with Crippen LogP contribution in [0.5, 0.6) is 0 Å². The van der Waals surface area contributed by atoms with Crippen molar-refractivity contribution in [1.82, 2.24) is 0 Å². The summed E-state index contributed by atoms with van der Waals surface area (Å²) in [5.74, 6) is -2.39. The summed E-state index contributed by atoms with van der Waals surface area (Å²) < 4.78 is 32.4. The Hall–Kier alpha value is -1.78. The number of carbonyl (C=O) groups is 3. The monoisotopic (exact) mass is 677 g/mol. The number of ether oxygens (including phenoxy) is 2. The van der Waals surface area contributed by atoms with E-state index in [0.29, 0.717) is 12.8 Å². The molecule has 46 heavy (non-hydrogen) atoms. The molecule has 0 rings (SSSR count). The van der Waals surface area contributed by atoms with Crippen molar-refractivity contribution < 1.29 is 47.5 Å². The van der Waals surface area contributed by atoms with E-state index in [1.807, 2.05) is 0 Å². The van der Waals surface area contributed by atoms with Gasteiger partial charge in [-0.05, 0) is 38.5 Å². The van der Waals surface area contributed by atoms with Crippen LogP contribution in [0.4, 0.5) is 0 Å². The van der Waals surface area contributed by atoms with Gasteiger partial charge in [-0.2, -0.15) is 0 Å². The first-order chi connectivity index (χ1) is 22.1. The van der Waals surface area contributed by atoms with Gasteiger partial charge >= 0.3 is 25.7 Å². The highest BCUT2D eigenvalue weighted by molar-refractivity contribution is 7.47. The molecule has 0 spiro atoms. The minimum absolute atomic E-state index is 0.154. The molecular weight excluding hydrogens is 613 g/mol. The summed E-state index contributed by atoms with van der Waals surface area (Å²) >= 11 is 0. The van der Waals surface area contributed by atoms with Gasteiger partial charge in [-0.3, -0.25) is 23.4 Å². The van der Waals surface area contributed by atoms with E-state index < -0.39 is 51.1 Å². The number of rotatable bonds is 33. The first-order valence-corrected chi connectivity index (χ1v) is 19.2. The van der Waals surface area contributed by atoms with E-state index >= 15 is 0 Å². The van der Waals surface area contributed by atoms with Gasteiger partial charge in [0.2, 0.25) is 0 Å². The van der Waals surface area contributed by atoms with Crippen molar-refractivity contribution in [2.24, 2.45) is 5.73 Å². The van der Waals surface area contributed by atoms with Gasteiger partial charge in [-0.25, -0.2) is 4.57 Å². The number of unbranched alkanes of at least 4 members (excludes halogenated alkanes) is 17. The van der Waals surface area contributed by atoms with Crippen LogP contribution in [0.1, 0.15) is 155 Å². The van der Waals surface area contributed by atoms with Crippen LogP contribution in [0.3, 0.4) is 0 Å². The van der Waals surface area contributed by atoms with Crippen molar-refractivity contribution >= 4 is 25.7 Å². The lowest BCUT2D eigenvalue weighted by Gasteiger charge is -2.20. The number of esters is 2. The molecule has 3 unspecified atom stereocenters. The number of aliphatic carboxylic acids is 1. The van der Waals surface area contributed by atoms with Crippen molar-refractivity contribution in [2.45, 2.75) is 167 Å². The summed E-state index contributed by atoms with van der Waals surface area (Å²) in [4.78, 5) is 45.5. The summed E-state index contributed by atoms with van der Waals surface area (Å²) in [7, 11) is -4.70. The summed E-state index contributed by atoms with van der Waals surface area (Å²) in [6.07, 6.45) is 25.9. The molecular formula is C34H64NO10P. The first-order valence-electron chi connectivity index (χ1n) is 17.7. The quantitative estimate of drug-likeness (QED) is 0.0265. The maximum atomic E-state index is 12.5. The highest BCUT2D eigenvalue weighted by Crippen LogP contribution is 2.43. The van der Waals surface area contributed by atoms with Gasteiger partial charge < -0.3 is 25.2 Å². The van der Waals surface area contributed by atoms with Crippen molar-refractivity contribution in [3.63, 3.8) is 0 Å². The van der Waals surface area contributed by atoms with Crippen LogP contribution < -0.4 is 5.73 Å². The normalized spacial score (nSPS) is 14.2. The van der Waals surface area contributed by atoms with Crippen molar-refractivity contribution in [2.75, 3.05) is 19.8 Å². The Balaban J connectivity index is 4.47. The highest BCUT2D eigenvalue weighted by Gasteiger charge is 2.28. The second kappa shape index (κ2) is 30.5. The Morgan fingerprint density at radius 2 is 1.09 bits per heavy atom. The Labute approximate surface area is 278 Å². The number of carboxylic acids is 1. The average molecular weight is 678 g/mol. The minimum Gasteiger partial charge on any atom is -0.480 e. The van der Waals surface area contributed by atoms with E-state index in [-0.39, 0.29) is 19.4 Å². The van der Waals surface area contributed by atoms with E-state index in [0.717, 1.165) is 57.8 Å². The molecule has 12 heteroatoms. The molecule has 4 N–H and O–H groups in total. The Kier molecular flexibility index (Phi) is 29.4. The highest BCUT2D eigenvalue weighted by atomic mass is 31.2. The number of nitrogens with two attached hydrogens (primary N) is 1. The molecule has 0 aromatic rings. The molecule has 0 amide bonds. The van der Waals surface area contributed by atoms with E-state index in [4.69, 9.17) is 24.8 Å². The third kappa shape index (κ3) is 29.6. The van der Waals surface area contributed by atoms with E-state index in [2.05, 4.69) is 30.5 Å². The van der Waals surface area contributed by atoms with Gasteiger partial charge in [0, 0.05) is 12.8 Å². The Morgan fingerprint density at radius 3 is 1.59 bits per heavy atom.